The number of H-pyrrole nitrogens is 1. The van der Waals surface area contributed by atoms with Crippen LogP contribution in [0, 0.1) is 5.92 Å². The number of hydrogen-bond acceptors (Lipinski definition) is 2. The second-order valence-corrected chi connectivity index (χ2v) is 2.56. The summed E-state index contributed by atoms with van der Waals surface area (Å²) >= 11 is 0. The van der Waals surface area contributed by atoms with Crippen molar-refractivity contribution < 1.29 is 1.43 Å². The summed E-state index contributed by atoms with van der Waals surface area (Å²) in [5, 5.41) is 10.2. The van der Waals surface area contributed by atoms with Crippen LogP contribution in [-0.4, -0.2) is 15.4 Å². The third-order valence-electron chi connectivity index (χ3n) is 1.08. The lowest BCUT2D eigenvalue weighted by Gasteiger charge is -1.96. The molecule has 1 rings (SSSR count). The van der Waals surface area contributed by atoms with Gasteiger partial charge in [-0.1, -0.05) is 13.8 Å². The summed E-state index contributed by atoms with van der Waals surface area (Å²) in [5.41, 5.74) is 1.05. The van der Waals surface area contributed by atoms with Crippen LogP contribution in [0.15, 0.2) is 6.20 Å². The van der Waals surface area contributed by atoms with Gasteiger partial charge in [0, 0.05) is 1.43 Å². The molecule has 0 fully saturated rings. The lowest BCUT2D eigenvalue weighted by Crippen LogP contribution is -1.93. The maximum atomic E-state index is 3.92. The average molecular weight is 127 g/mol. The summed E-state index contributed by atoms with van der Waals surface area (Å²) in [5.74, 6) is 0.662. The van der Waals surface area contributed by atoms with E-state index in [-0.39, 0.29) is 1.43 Å². The number of hydrogen-bond donors (Lipinski definition) is 1. The summed E-state index contributed by atoms with van der Waals surface area (Å²) < 4.78 is 0. The number of nitrogens with one attached hydrogen (secondary N) is 1. The van der Waals surface area contributed by atoms with Gasteiger partial charge in [0.05, 0.1) is 11.9 Å². The fraction of sp³-hybridized carbons (Fsp3) is 0.667. The highest BCUT2D eigenvalue weighted by Crippen LogP contribution is 2.00. The number of aromatic amines is 1. The van der Waals surface area contributed by atoms with E-state index >= 15 is 0 Å². The first-order chi connectivity index (χ1) is 4.29. The Labute approximate surface area is 56.0 Å². The average Bonchev–Trinajstić information content (AvgIpc) is 2.15. The van der Waals surface area contributed by atoms with Gasteiger partial charge in [-0.15, -0.1) is 0 Å². The van der Waals surface area contributed by atoms with Crippen LogP contribution < -0.4 is 0 Å². The van der Waals surface area contributed by atoms with Crippen molar-refractivity contribution in [2.24, 2.45) is 5.92 Å². The first-order valence-corrected chi connectivity index (χ1v) is 3.13. The largest absolute Gasteiger partial charge is 0.198 e. The van der Waals surface area contributed by atoms with Crippen molar-refractivity contribution >= 4 is 0 Å². The van der Waals surface area contributed by atoms with E-state index in [1.54, 1.807) is 6.20 Å². The molecule has 0 amide bonds. The van der Waals surface area contributed by atoms with E-state index in [0.717, 1.165) is 12.1 Å². The Morgan fingerprint density at radius 3 is 3.00 bits per heavy atom. The molecule has 1 aromatic rings. The molecule has 3 heteroatoms. The molecule has 0 radical (unpaired) electrons. The van der Waals surface area contributed by atoms with Crippen LogP contribution in [0.3, 0.4) is 0 Å². The van der Waals surface area contributed by atoms with Gasteiger partial charge in [-0.05, 0) is 12.3 Å². The van der Waals surface area contributed by atoms with Gasteiger partial charge < -0.3 is 0 Å². The fourth-order valence-corrected chi connectivity index (χ4v) is 0.742. The fourth-order valence-electron chi connectivity index (χ4n) is 0.742. The SMILES string of the molecule is CC(C)Cc1cn[nH]n1.[HH]. The van der Waals surface area contributed by atoms with E-state index in [9.17, 15) is 0 Å². The zero-order chi connectivity index (χ0) is 6.69. The van der Waals surface area contributed by atoms with Crippen molar-refractivity contribution in [3.8, 4) is 0 Å². The lowest BCUT2D eigenvalue weighted by molar-refractivity contribution is 0.633. The molecular weight excluding hydrogens is 114 g/mol. The van der Waals surface area contributed by atoms with E-state index in [1.165, 1.54) is 0 Å². The number of aromatic nitrogens is 3. The second kappa shape index (κ2) is 2.62. The quantitative estimate of drug-likeness (QED) is 0.649. The molecule has 0 aliphatic rings. The minimum absolute atomic E-state index is 0. The summed E-state index contributed by atoms with van der Waals surface area (Å²) in [4.78, 5) is 0. The van der Waals surface area contributed by atoms with Crippen molar-refractivity contribution in [2.45, 2.75) is 20.3 Å². The molecule has 0 saturated heterocycles. The van der Waals surface area contributed by atoms with E-state index in [0.29, 0.717) is 5.92 Å². The van der Waals surface area contributed by atoms with E-state index < -0.39 is 0 Å². The van der Waals surface area contributed by atoms with Crippen molar-refractivity contribution in [2.75, 3.05) is 0 Å². The summed E-state index contributed by atoms with van der Waals surface area (Å²) in [7, 11) is 0. The molecule has 0 aliphatic carbocycles. The molecule has 0 aliphatic heterocycles. The van der Waals surface area contributed by atoms with Crippen LogP contribution in [0.4, 0.5) is 0 Å². The highest BCUT2D eigenvalue weighted by atomic mass is 15.3. The third-order valence-corrected chi connectivity index (χ3v) is 1.08. The normalized spacial score (nSPS) is 10.6. The summed E-state index contributed by atoms with van der Waals surface area (Å²) in [6.45, 7) is 4.32. The van der Waals surface area contributed by atoms with Crippen LogP contribution in [0.5, 0.6) is 0 Å². The van der Waals surface area contributed by atoms with Crippen LogP contribution in [-0.2, 0) is 6.42 Å². The molecule has 0 aromatic carbocycles. The van der Waals surface area contributed by atoms with Gasteiger partial charge in [0.1, 0.15) is 0 Å². The smallest absolute Gasteiger partial charge is 0.0827 e. The Balaban J connectivity index is 0.000000810. The Morgan fingerprint density at radius 2 is 2.56 bits per heavy atom. The molecule has 0 atom stereocenters. The van der Waals surface area contributed by atoms with Gasteiger partial charge in [0.2, 0.25) is 0 Å². The highest BCUT2D eigenvalue weighted by Gasteiger charge is 1.97. The predicted octanol–water partition coefficient (Wildman–Crippen LogP) is 1.25. The minimum Gasteiger partial charge on any atom is -0.198 e. The van der Waals surface area contributed by atoms with Crippen LogP contribution in [0.25, 0.3) is 0 Å². The van der Waals surface area contributed by atoms with Crippen molar-refractivity contribution in [1.29, 1.82) is 0 Å². The van der Waals surface area contributed by atoms with Crippen LogP contribution in [0.1, 0.15) is 21.0 Å². The number of nitrogens with zero attached hydrogens (tertiary/aromatic N) is 2. The zero-order valence-electron chi connectivity index (χ0n) is 5.76. The summed E-state index contributed by atoms with van der Waals surface area (Å²) in [6, 6.07) is 0. The molecule has 52 valence electrons. The Morgan fingerprint density at radius 1 is 1.78 bits per heavy atom. The Kier molecular flexibility index (Phi) is 1.82. The zero-order valence-corrected chi connectivity index (χ0v) is 5.76. The lowest BCUT2D eigenvalue weighted by atomic mass is 10.1. The predicted molar refractivity (Wildman–Crippen MR) is 37.0 cm³/mol. The molecule has 0 spiro atoms. The molecule has 0 unspecified atom stereocenters. The van der Waals surface area contributed by atoms with Crippen molar-refractivity contribution in [3.05, 3.63) is 11.9 Å². The standard InChI is InChI=1S/C6H11N3.H2/c1-5(2)3-6-4-7-9-8-6;/h4-5H,3H2,1-2H3,(H,7,8,9);1H. The minimum atomic E-state index is 0. The third kappa shape index (κ3) is 1.83. The van der Waals surface area contributed by atoms with Gasteiger partial charge in [0.15, 0.2) is 0 Å². The Bertz CT molecular complexity index is 160. The van der Waals surface area contributed by atoms with E-state index in [1.807, 2.05) is 0 Å². The molecule has 1 aromatic heterocycles. The van der Waals surface area contributed by atoms with Gasteiger partial charge in [-0.2, -0.15) is 15.4 Å². The monoisotopic (exact) mass is 127 g/mol. The first kappa shape index (κ1) is 6.26. The van der Waals surface area contributed by atoms with Gasteiger partial charge in [-0.3, -0.25) is 0 Å². The van der Waals surface area contributed by atoms with Crippen molar-refractivity contribution in [1.82, 2.24) is 15.4 Å². The van der Waals surface area contributed by atoms with Crippen LogP contribution in [0.2, 0.25) is 0 Å². The van der Waals surface area contributed by atoms with Gasteiger partial charge in [0.25, 0.3) is 0 Å². The number of rotatable bonds is 2. The van der Waals surface area contributed by atoms with Crippen LogP contribution >= 0.6 is 0 Å². The molecule has 1 heterocycles. The molecule has 3 nitrogen and oxygen atoms in total. The van der Waals surface area contributed by atoms with E-state index in [4.69, 9.17) is 0 Å². The van der Waals surface area contributed by atoms with Gasteiger partial charge >= 0.3 is 0 Å². The van der Waals surface area contributed by atoms with Gasteiger partial charge in [-0.25, -0.2) is 0 Å². The molecule has 1 N–H and O–H groups in total. The maximum absolute atomic E-state index is 3.92. The second-order valence-electron chi connectivity index (χ2n) is 2.56. The first-order valence-electron chi connectivity index (χ1n) is 3.13. The summed E-state index contributed by atoms with van der Waals surface area (Å²) in [6.07, 6.45) is 2.77. The molecular formula is C6H13N3. The topological polar surface area (TPSA) is 41.6 Å². The van der Waals surface area contributed by atoms with Crippen molar-refractivity contribution in [3.63, 3.8) is 0 Å². The maximum Gasteiger partial charge on any atom is 0.0827 e. The molecule has 9 heavy (non-hydrogen) atoms. The van der Waals surface area contributed by atoms with E-state index in [2.05, 4.69) is 29.3 Å². The Hall–Kier alpha value is -0.860. The molecule has 0 bridgehead atoms. The highest BCUT2D eigenvalue weighted by molar-refractivity contribution is 4.90. The molecule has 0 saturated carbocycles.